The van der Waals surface area contributed by atoms with E-state index in [0.717, 1.165) is 11.5 Å². The van der Waals surface area contributed by atoms with Crippen molar-refractivity contribution in [2.24, 2.45) is 0 Å². The van der Waals surface area contributed by atoms with Gasteiger partial charge in [0.25, 0.3) is 0 Å². The highest BCUT2D eigenvalue weighted by molar-refractivity contribution is 7.16. The van der Waals surface area contributed by atoms with Crippen molar-refractivity contribution in [1.29, 1.82) is 0 Å². The van der Waals surface area contributed by atoms with Crippen molar-refractivity contribution >= 4 is 9.24 Å². The Morgan fingerprint density at radius 1 is 0.789 bits per heavy atom. The molecule has 0 amide bonds. The second-order valence-corrected chi connectivity index (χ2v) is 5.00. The fourth-order valence-corrected chi connectivity index (χ4v) is 1.85. The summed E-state index contributed by atoms with van der Waals surface area (Å²) in [4.78, 5) is 0. The average molecular weight is 274 g/mol. The van der Waals surface area contributed by atoms with E-state index in [-0.39, 0.29) is 6.29 Å². The molecule has 0 aromatic heterocycles. The van der Waals surface area contributed by atoms with E-state index >= 15 is 0 Å². The van der Waals surface area contributed by atoms with Crippen molar-refractivity contribution in [3.05, 3.63) is 59.7 Å². The minimum absolute atomic E-state index is 0.296. The second-order valence-electron chi connectivity index (χ2n) is 4.53. The summed E-state index contributed by atoms with van der Waals surface area (Å²) in [6, 6.07) is 16.0. The van der Waals surface area contributed by atoms with E-state index in [2.05, 4.69) is 23.1 Å². The molecule has 0 fully saturated rings. The van der Waals surface area contributed by atoms with E-state index in [9.17, 15) is 0 Å². The molecule has 0 aliphatic rings. The monoisotopic (exact) mass is 274 g/mol. The lowest BCUT2D eigenvalue weighted by Crippen LogP contribution is -2.25. The van der Waals surface area contributed by atoms with Gasteiger partial charge in [0.05, 0.1) is 0 Å². The van der Waals surface area contributed by atoms with Gasteiger partial charge in [0.15, 0.2) is 0 Å². The molecule has 3 heteroatoms. The summed E-state index contributed by atoms with van der Waals surface area (Å²) in [7, 11) is 2.65. The van der Waals surface area contributed by atoms with Gasteiger partial charge < -0.3 is 9.47 Å². The van der Waals surface area contributed by atoms with Crippen LogP contribution in [0, 0.1) is 13.8 Å². The van der Waals surface area contributed by atoms with Crippen LogP contribution in [0.4, 0.5) is 0 Å². The van der Waals surface area contributed by atoms with Crippen LogP contribution in [-0.2, 0) is 0 Å². The lowest BCUT2D eigenvalue weighted by molar-refractivity contribution is 0.0262. The Morgan fingerprint density at radius 2 is 1.16 bits per heavy atom. The van der Waals surface area contributed by atoms with E-state index in [1.807, 2.05) is 48.5 Å². The number of ether oxygens (including phenoxy) is 2. The molecule has 2 aromatic carbocycles. The number of rotatable bonds is 5. The minimum atomic E-state index is -0.296. The van der Waals surface area contributed by atoms with E-state index < -0.39 is 0 Å². The molecule has 1 unspecified atom stereocenters. The van der Waals surface area contributed by atoms with Crippen LogP contribution in [0.15, 0.2) is 48.5 Å². The normalized spacial score (nSPS) is 10.5. The standard InChI is InChI=1S/C16H19O2P/c1-12-3-7-14(8-4-12)17-16(11-19)18-15-9-5-13(2)6-10-15/h3-10,16H,11,19H2,1-2H3. The van der Waals surface area contributed by atoms with E-state index in [4.69, 9.17) is 9.47 Å². The highest BCUT2D eigenvalue weighted by atomic mass is 31.0. The molecular weight excluding hydrogens is 255 g/mol. The van der Waals surface area contributed by atoms with Crippen LogP contribution in [0.3, 0.4) is 0 Å². The highest BCUT2D eigenvalue weighted by Crippen LogP contribution is 2.18. The van der Waals surface area contributed by atoms with Crippen LogP contribution in [-0.4, -0.2) is 12.5 Å². The van der Waals surface area contributed by atoms with Crippen LogP contribution in [0.2, 0.25) is 0 Å². The molecule has 0 heterocycles. The van der Waals surface area contributed by atoms with Crippen molar-refractivity contribution in [3.8, 4) is 11.5 Å². The Balaban J connectivity index is 2.00. The summed E-state index contributed by atoms with van der Waals surface area (Å²) in [5.74, 6) is 1.65. The van der Waals surface area contributed by atoms with Crippen LogP contribution in [0.25, 0.3) is 0 Å². The Kier molecular flexibility index (Phi) is 4.81. The van der Waals surface area contributed by atoms with Crippen molar-refractivity contribution in [3.63, 3.8) is 0 Å². The third-order valence-electron chi connectivity index (χ3n) is 2.77. The molecule has 0 spiro atoms. The molecule has 0 aliphatic heterocycles. The van der Waals surface area contributed by atoms with Gasteiger partial charge in [-0.05, 0) is 38.1 Å². The molecule has 2 nitrogen and oxygen atoms in total. The first-order valence-corrected chi connectivity index (χ1v) is 7.16. The van der Waals surface area contributed by atoms with Crippen molar-refractivity contribution in [2.75, 3.05) is 6.16 Å². The van der Waals surface area contributed by atoms with E-state index in [1.54, 1.807) is 0 Å². The van der Waals surface area contributed by atoms with E-state index in [1.165, 1.54) is 11.1 Å². The summed E-state index contributed by atoms with van der Waals surface area (Å²) in [5.41, 5.74) is 2.43. The topological polar surface area (TPSA) is 18.5 Å². The van der Waals surface area contributed by atoms with Crippen molar-refractivity contribution in [2.45, 2.75) is 20.1 Å². The van der Waals surface area contributed by atoms with Crippen LogP contribution in [0.5, 0.6) is 11.5 Å². The minimum Gasteiger partial charge on any atom is -0.455 e. The van der Waals surface area contributed by atoms with Gasteiger partial charge in [0.2, 0.25) is 6.29 Å². The number of hydrogen-bond donors (Lipinski definition) is 0. The third-order valence-corrected chi connectivity index (χ3v) is 3.15. The van der Waals surface area contributed by atoms with E-state index in [0.29, 0.717) is 6.16 Å². The predicted molar refractivity (Wildman–Crippen MR) is 82.0 cm³/mol. The summed E-state index contributed by atoms with van der Waals surface area (Å²) in [6.07, 6.45) is 0.414. The average Bonchev–Trinajstić information content (AvgIpc) is 2.43. The molecule has 19 heavy (non-hydrogen) atoms. The summed E-state index contributed by atoms with van der Waals surface area (Å²) < 4.78 is 11.6. The van der Waals surface area contributed by atoms with Gasteiger partial charge >= 0.3 is 0 Å². The molecule has 0 saturated carbocycles. The molecule has 100 valence electrons. The fraction of sp³-hybridized carbons (Fsp3) is 0.250. The van der Waals surface area contributed by atoms with Gasteiger partial charge in [0, 0.05) is 6.16 Å². The molecule has 0 radical (unpaired) electrons. The highest BCUT2D eigenvalue weighted by Gasteiger charge is 2.09. The number of hydrogen-bond acceptors (Lipinski definition) is 2. The fourth-order valence-electron chi connectivity index (χ4n) is 1.66. The van der Waals surface area contributed by atoms with Gasteiger partial charge in [-0.1, -0.05) is 35.4 Å². The van der Waals surface area contributed by atoms with Crippen LogP contribution >= 0.6 is 9.24 Å². The van der Waals surface area contributed by atoms with Gasteiger partial charge in [-0.25, -0.2) is 0 Å². The summed E-state index contributed by atoms with van der Waals surface area (Å²) in [5, 5.41) is 0. The van der Waals surface area contributed by atoms with Crippen LogP contribution < -0.4 is 9.47 Å². The molecule has 2 rings (SSSR count). The molecule has 0 bridgehead atoms. The van der Waals surface area contributed by atoms with Gasteiger partial charge in [-0.3, -0.25) is 0 Å². The SMILES string of the molecule is Cc1ccc(OC(CP)Oc2ccc(C)cc2)cc1. The van der Waals surface area contributed by atoms with Gasteiger partial charge in [-0.2, -0.15) is 0 Å². The smallest absolute Gasteiger partial charge is 0.244 e. The quantitative estimate of drug-likeness (QED) is 0.607. The molecule has 0 N–H and O–H groups in total. The lowest BCUT2D eigenvalue weighted by atomic mass is 10.2. The molecule has 0 aliphatic carbocycles. The zero-order valence-corrected chi connectivity index (χ0v) is 12.5. The maximum absolute atomic E-state index is 5.81. The molecule has 0 saturated heterocycles. The third kappa shape index (κ3) is 4.25. The molecular formula is C16H19O2P. The first-order valence-electron chi connectivity index (χ1n) is 6.34. The lowest BCUT2D eigenvalue weighted by Gasteiger charge is -2.19. The zero-order valence-electron chi connectivity index (χ0n) is 11.3. The number of benzene rings is 2. The Labute approximate surface area is 117 Å². The van der Waals surface area contributed by atoms with Crippen LogP contribution in [0.1, 0.15) is 11.1 Å². The van der Waals surface area contributed by atoms with Crippen molar-refractivity contribution < 1.29 is 9.47 Å². The largest absolute Gasteiger partial charge is 0.455 e. The predicted octanol–water partition coefficient (Wildman–Crippen LogP) is 3.96. The van der Waals surface area contributed by atoms with Crippen molar-refractivity contribution in [1.82, 2.24) is 0 Å². The Bertz CT molecular complexity index is 458. The maximum atomic E-state index is 5.81. The Hall–Kier alpha value is -1.53. The first kappa shape index (κ1) is 13.9. The summed E-state index contributed by atoms with van der Waals surface area (Å²) >= 11 is 0. The molecule has 2 aromatic rings. The first-order chi connectivity index (χ1) is 9.17. The molecule has 1 atom stereocenters. The number of aryl methyl sites for hydroxylation is 2. The van der Waals surface area contributed by atoms with Gasteiger partial charge in [-0.15, -0.1) is 9.24 Å². The second kappa shape index (κ2) is 6.58. The maximum Gasteiger partial charge on any atom is 0.244 e. The van der Waals surface area contributed by atoms with Gasteiger partial charge in [0.1, 0.15) is 11.5 Å². The summed E-state index contributed by atoms with van der Waals surface area (Å²) in [6.45, 7) is 4.11. The zero-order chi connectivity index (χ0) is 13.7. The Morgan fingerprint density at radius 3 is 1.47 bits per heavy atom.